The molecule has 4 aromatic rings. The predicted octanol–water partition coefficient (Wildman–Crippen LogP) is 3.89. The van der Waals surface area contributed by atoms with Crippen LogP contribution in [0, 0.1) is 11.3 Å². The van der Waals surface area contributed by atoms with Crippen LogP contribution in [0.15, 0.2) is 61.1 Å². The van der Waals surface area contributed by atoms with E-state index in [4.69, 9.17) is 5.26 Å². The summed E-state index contributed by atoms with van der Waals surface area (Å²) >= 11 is 0. The molecule has 0 N–H and O–H groups in total. The third-order valence-corrected chi connectivity index (χ3v) is 6.91. The monoisotopic (exact) mass is 469 g/mol. The van der Waals surface area contributed by atoms with Crippen molar-refractivity contribution in [1.29, 1.82) is 5.26 Å². The molecule has 2 aromatic carbocycles. The third-order valence-electron chi connectivity index (χ3n) is 6.91. The standard InChI is InChI=1S/C26H25N7.H2S/c1-30(2)23-9-10-31(16-23)22-7-8-24-21(11-22)15-32-14-20(19-5-3-18(13-27)4-6-19)12-25(32)26-28-17-29-33(24)26;/h3-8,11-12,14,17,23H,9-10,15-16H2,1-2H3;1H2/t23-;/m0./s1. The summed E-state index contributed by atoms with van der Waals surface area (Å²) in [5.74, 6) is 0.843. The number of benzene rings is 2. The molecule has 1 saturated heterocycles. The highest BCUT2D eigenvalue weighted by molar-refractivity contribution is 7.59. The number of nitriles is 1. The van der Waals surface area contributed by atoms with Crippen LogP contribution in [0.2, 0.25) is 0 Å². The van der Waals surface area contributed by atoms with Crippen molar-refractivity contribution in [3.05, 3.63) is 72.2 Å². The molecule has 0 bridgehead atoms. The van der Waals surface area contributed by atoms with Gasteiger partial charge in [-0.2, -0.15) is 23.9 Å². The van der Waals surface area contributed by atoms with E-state index in [9.17, 15) is 0 Å². The van der Waals surface area contributed by atoms with Crippen LogP contribution in [0.5, 0.6) is 0 Å². The maximum Gasteiger partial charge on any atom is 0.179 e. The van der Waals surface area contributed by atoms with Crippen molar-refractivity contribution >= 4 is 19.2 Å². The number of hydrogen-bond donors (Lipinski definition) is 0. The SMILES string of the molecule is CN(C)[C@H]1CCN(c2ccc3c(c2)Cn2cc(-c4ccc(C#N)cc4)cc2-c2ncnn2-3)C1.S. The molecule has 172 valence electrons. The first kappa shape index (κ1) is 22.3. The van der Waals surface area contributed by atoms with Crippen molar-refractivity contribution in [3.8, 4) is 34.4 Å². The topological polar surface area (TPSA) is 65.9 Å². The van der Waals surface area contributed by atoms with E-state index >= 15 is 0 Å². The lowest BCUT2D eigenvalue weighted by atomic mass is 10.1. The molecule has 0 saturated carbocycles. The van der Waals surface area contributed by atoms with E-state index in [1.54, 1.807) is 6.33 Å². The summed E-state index contributed by atoms with van der Waals surface area (Å²) in [4.78, 5) is 9.40. The fourth-order valence-corrected chi connectivity index (χ4v) is 5.00. The number of aromatic nitrogens is 4. The largest absolute Gasteiger partial charge is 0.370 e. The van der Waals surface area contributed by atoms with Crippen LogP contribution in [0.1, 0.15) is 17.5 Å². The number of anilines is 1. The zero-order valence-corrected chi connectivity index (χ0v) is 20.3. The van der Waals surface area contributed by atoms with Gasteiger partial charge in [0.15, 0.2) is 5.82 Å². The molecule has 0 aliphatic carbocycles. The van der Waals surface area contributed by atoms with Gasteiger partial charge < -0.3 is 14.4 Å². The number of nitrogens with zero attached hydrogens (tertiary/aromatic N) is 7. The smallest absolute Gasteiger partial charge is 0.179 e. The van der Waals surface area contributed by atoms with Crippen molar-refractivity contribution < 1.29 is 0 Å². The molecule has 2 aromatic heterocycles. The van der Waals surface area contributed by atoms with Gasteiger partial charge in [0.25, 0.3) is 0 Å². The molecule has 1 fully saturated rings. The van der Waals surface area contributed by atoms with Crippen LogP contribution >= 0.6 is 13.5 Å². The van der Waals surface area contributed by atoms with E-state index in [1.165, 1.54) is 17.7 Å². The Bertz CT molecular complexity index is 1380. The minimum atomic E-state index is 0. The predicted molar refractivity (Wildman–Crippen MR) is 139 cm³/mol. The highest BCUT2D eigenvalue weighted by Gasteiger charge is 2.26. The summed E-state index contributed by atoms with van der Waals surface area (Å²) < 4.78 is 4.21. The summed E-state index contributed by atoms with van der Waals surface area (Å²) in [5.41, 5.74) is 7.48. The maximum absolute atomic E-state index is 9.11. The highest BCUT2D eigenvalue weighted by Crippen LogP contribution is 2.35. The van der Waals surface area contributed by atoms with Crippen molar-refractivity contribution in [1.82, 2.24) is 24.2 Å². The molecule has 4 heterocycles. The molecule has 1 atom stereocenters. The van der Waals surface area contributed by atoms with E-state index in [-0.39, 0.29) is 13.5 Å². The first-order valence-electron chi connectivity index (χ1n) is 11.3. The molecule has 6 rings (SSSR count). The van der Waals surface area contributed by atoms with E-state index in [0.717, 1.165) is 48.0 Å². The molecule has 0 amide bonds. The van der Waals surface area contributed by atoms with Crippen LogP contribution < -0.4 is 4.90 Å². The van der Waals surface area contributed by atoms with Gasteiger partial charge in [0, 0.05) is 43.1 Å². The number of likely N-dealkylation sites (N-methyl/N-ethyl adjacent to an activating group) is 1. The van der Waals surface area contributed by atoms with Crippen LogP contribution in [-0.4, -0.2) is 57.5 Å². The van der Waals surface area contributed by atoms with E-state index < -0.39 is 0 Å². The second-order valence-electron chi connectivity index (χ2n) is 9.09. The molecule has 2 aliphatic rings. The second-order valence-corrected chi connectivity index (χ2v) is 9.09. The van der Waals surface area contributed by atoms with Gasteiger partial charge in [-0.3, -0.25) is 0 Å². The van der Waals surface area contributed by atoms with E-state index in [2.05, 4.69) is 75.1 Å². The fraction of sp³-hybridized carbons (Fsp3) is 0.269. The van der Waals surface area contributed by atoms with E-state index in [0.29, 0.717) is 11.6 Å². The third kappa shape index (κ3) is 3.67. The number of rotatable bonds is 3. The average molecular weight is 470 g/mol. The van der Waals surface area contributed by atoms with E-state index in [1.807, 2.05) is 28.9 Å². The molecule has 2 aliphatic heterocycles. The Morgan fingerprint density at radius 3 is 2.62 bits per heavy atom. The Kier molecular flexibility index (Phi) is 5.68. The van der Waals surface area contributed by atoms with Crippen molar-refractivity contribution in [3.63, 3.8) is 0 Å². The van der Waals surface area contributed by atoms with Crippen molar-refractivity contribution in [2.45, 2.75) is 19.0 Å². The Morgan fingerprint density at radius 2 is 1.88 bits per heavy atom. The van der Waals surface area contributed by atoms with Gasteiger partial charge in [-0.05, 0) is 68.0 Å². The molecule has 0 radical (unpaired) electrons. The fourth-order valence-electron chi connectivity index (χ4n) is 5.00. The molecule has 34 heavy (non-hydrogen) atoms. The van der Waals surface area contributed by atoms with Crippen molar-refractivity contribution in [2.24, 2.45) is 0 Å². The molecule has 7 nitrogen and oxygen atoms in total. The second kappa shape index (κ2) is 8.67. The Labute approximate surface area is 206 Å². The quantitative estimate of drug-likeness (QED) is 0.401. The van der Waals surface area contributed by atoms with Gasteiger partial charge >= 0.3 is 0 Å². The summed E-state index contributed by atoms with van der Waals surface area (Å²) in [7, 11) is 4.33. The number of hydrogen-bond acceptors (Lipinski definition) is 5. The zero-order chi connectivity index (χ0) is 22.5. The lowest BCUT2D eigenvalue weighted by Gasteiger charge is -2.23. The average Bonchev–Trinajstić information content (AvgIpc) is 3.58. The van der Waals surface area contributed by atoms with Crippen LogP contribution in [-0.2, 0) is 6.54 Å². The summed E-state index contributed by atoms with van der Waals surface area (Å²) in [6.45, 7) is 2.89. The first-order valence-corrected chi connectivity index (χ1v) is 11.3. The minimum Gasteiger partial charge on any atom is -0.370 e. The summed E-state index contributed by atoms with van der Waals surface area (Å²) in [5, 5.41) is 13.7. The maximum atomic E-state index is 9.11. The van der Waals surface area contributed by atoms with Crippen LogP contribution in [0.25, 0.3) is 28.3 Å². The Morgan fingerprint density at radius 1 is 1.06 bits per heavy atom. The van der Waals surface area contributed by atoms with Gasteiger partial charge in [-0.25, -0.2) is 9.67 Å². The lowest BCUT2D eigenvalue weighted by molar-refractivity contribution is 0.315. The normalized spacial score (nSPS) is 16.3. The highest BCUT2D eigenvalue weighted by atomic mass is 32.1. The summed E-state index contributed by atoms with van der Waals surface area (Å²) in [6, 6.07) is 19.4. The Hall–Kier alpha value is -3.54. The zero-order valence-electron chi connectivity index (χ0n) is 19.3. The lowest BCUT2D eigenvalue weighted by Crippen LogP contribution is -2.31. The van der Waals surface area contributed by atoms with Crippen LogP contribution in [0.3, 0.4) is 0 Å². The molecule has 8 heteroatoms. The van der Waals surface area contributed by atoms with Gasteiger partial charge in [0.2, 0.25) is 0 Å². The molecule has 0 spiro atoms. The van der Waals surface area contributed by atoms with Crippen molar-refractivity contribution in [2.75, 3.05) is 32.1 Å². The first-order chi connectivity index (χ1) is 16.1. The number of fused-ring (bicyclic) bond motifs is 5. The molecule has 0 unspecified atom stereocenters. The van der Waals surface area contributed by atoms with Gasteiger partial charge in [0.1, 0.15) is 6.33 Å². The van der Waals surface area contributed by atoms with Crippen LogP contribution in [0.4, 0.5) is 5.69 Å². The van der Waals surface area contributed by atoms with Gasteiger partial charge in [-0.1, -0.05) is 12.1 Å². The molecular formula is C26H27N7S. The molecular weight excluding hydrogens is 442 g/mol. The summed E-state index contributed by atoms with van der Waals surface area (Å²) in [6.07, 6.45) is 4.99. The minimum absolute atomic E-state index is 0. The van der Waals surface area contributed by atoms with Gasteiger partial charge in [-0.15, -0.1) is 0 Å². The Balaban J connectivity index is 0.00000241. The van der Waals surface area contributed by atoms with Gasteiger partial charge in [0.05, 0.1) is 23.0 Å².